The summed E-state index contributed by atoms with van der Waals surface area (Å²) in [7, 11) is 0. The summed E-state index contributed by atoms with van der Waals surface area (Å²) in [6, 6.07) is 20.9. The Balaban J connectivity index is 1.93. The lowest BCUT2D eigenvalue weighted by Crippen LogP contribution is -1.98. The first-order chi connectivity index (χ1) is 10.3. The van der Waals surface area contributed by atoms with Crippen LogP contribution in [0.15, 0.2) is 66.7 Å². The van der Waals surface area contributed by atoms with Crippen LogP contribution in [0.3, 0.4) is 0 Å². The largest absolute Gasteiger partial charge is 0.507 e. The van der Waals surface area contributed by atoms with Crippen molar-refractivity contribution in [1.29, 1.82) is 0 Å². The summed E-state index contributed by atoms with van der Waals surface area (Å²) >= 11 is 0. The Labute approximate surface area is 122 Å². The molecule has 1 N–H and O–H groups in total. The van der Waals surface area contributed by atoms with Crippen LogP contribution < -0.4 is 0 Å². The van der Waals surface area contributed by atoms with Crippen LogP contribution in [0.1, 0.15) is 21.5 Å². The fourth-order valence-corrected chi connectivity index (χ4v) is 2.88. The quantitative estimate of drug-likeness (QED) is 0.710. The maximum Gasteiger partial charge on any atom is 0.198 e. The number of rotatable bonds is 1. The number of Topliss-reactive ketones (excluding diaryl/α,β-unsaturated/α-hetero) is 1. The van der Waals surface area contributed by atoms with Crippen LogP contribution in [0.4, 0.5) is 0 Å². The van der Waals surface area contributed by atoms with Crippen LogP contribution in [0, 0.1) is 0 Å². The number of allylic oxidation sites excluding steroid dienone is 1. The first-order valence-corrected chi connectivity index (χ1v) is 6.82. The van der Waals surface area contributed by atoms with Crippen LogP contribution in [0.5, 0.6) is 0 Å². The Bertz CT molecular complexity index is 920. The molecular weight excluding hydrogens is 260 g/mol. The molecule has 0 saturated carbocycles. The maximum absolute atomic E-state index is 12.5. The topological polar surface area (TPSA) is 37.3 Å². The van der Waals surface area contributed by atoms with E-state index in [1.807, 2.05) is 54.6 Å². The van der Waals surface area contributed by atoms with Gasteiger partial charge in [0.25, 0.3) is 0 Å². The molecule has 3 aromatic carbocycles. The number of hydrogen-bond donors (Lipinski definition) is 1. The molecule has 0 saturated heterocycles. The van der Waals surface area contributed by atoms with Gasteiger partial charge in [0.05, 0.1) is 5.57 Å². The van der Waals surface area contributed by atoms with Gasteiger partial charge < -0.3 is 5.11 Å². The number of aliphatic hydroxyl groups is 1. The molecule has 0 bridgehead atoms. The third kappa shape index (κ3) is 1.69. The molecule has 0 atom stereocenters. The second-order valence-electron chi connectivity index (χ2n) is 5.16. The average molecular weight is 272 g/mol. The van der Waals surface area contributed by atoms with E-state index < -0.39 is 0 Å². The monoisotopic (exact) mass is 272 g/mol. The molecule has 0 amide bonds. The minimum absolute atomic E-state index is 0.0749. The van der Waals surface area contributed by atoms with Crippen molar-refractivity contribution >= 4 is 27.9 Å². The number of hydrogen-bond acceptors (Lipinski definition) is 2. The Morgan fingerprint density at radius 2 is 1.38 bits per heavy atom. The number of ketones is 1. The summed E-state index contributed by atoms with van der Waals surface area (Å²) in [6.07, 6.45) is 0. The Kier molecular flexibility index (Phi) is 2.45. The summed E-state index contributed by atoms with van der Waals surface area (Å²) in [5.41, 5.74) is 2.33. The average Bonchev–Trinajstić information content (AvgIpc) is 2.79. The zero-order chi connectivity index (χ0) is 14.4. The van der Waals surface area contributed by atoms with Crippen molar-refractivity contribution in [2.24, 2.45) is 0 Å². The molecule has 0 spiro atoms. The predicted molar refractivity (Wildman–Crippen MR) is 84.2 cm³/mol. The summed E-state index contributed by atoms with van der Waals surface area (Å²) in [5.74, 6) is -0.0377. The van der Waals surface area contributed by atoms with E-state index in [1.165, 1.54) is 0 Å². The van der Waals surface area contributed by atoms with Gasteiger partial charge in [0, 0.05) is 11.1 Å². The Morgan fingerprint density at radius 1 is 0.714 bits per heavy atom. The van der Waals surface area contributed by atoms with Gasteiger partial charge in [-0.1, -0.05) is 60.7 Å². The highest BCUT2D eigenvalue weighted by molar-refractivity contribution is 6.39. The molecule has 0 aliphatic heterocycles. The lowest BCUT2D eigenvalue weighted by molar-refractivity contribution is 0.105. The molecule has 0 heterocycles. The Hall–Kier alpha value is -2.87. The lowest BCUT2D eigenvalue weighted by atomic mass is 9.99. The number of carbonyl (C=O) groups is 1. The molecular formula is C19H12O2. The standard InChI is InChI=1S/C19H12O2/c20-18-15-7-3-4-8-16(15)19(21)17(18)14-10-9-12-5-1-2-6-13(12)11-14/h1-11,20H. The summed E-state index contributed by atoms with van der Waals surface area (Å²) < 4.78 is 0. The third-order valence-corrected chi connectivity index (χ3v) is 3.93. The highest BCUT2D eigenvalue weighted by Crippen LogP contribution is 2.37. The van der Waals surface area contributed by atoms with Crippen molar-refractivity contribution in [1.82, 2.24) is 0 Å². The predicted octanol–water partition coefficient (Wildman–Crippen LogP) is 4.46. The van der Waals surface area contributed by atoms with Gasteiger partial charge in [-0.25, -0.2) is 0 Å². The first-order valence-electron chi connectivity index (χ1n) is 6.82. The molecule has 0 unspecified atom stereocenters. The molecule has 2 nitrogen and oxygen atoms in total. The van der Waals surface area contributed by atoms with Crippen molar-refractivity contribution < 1.29 is 9.90 Å². The van der Waals surface area contributed by atoms with Crippen molar-refractivity contribution in [3.8, 4) is 0 Å². The van der Waals surface area contributed by atoms with Gasteiger partial charge in [-0.05, 0) is 22.4 Å². The van der Waals surface area contributed by atoms with Gasteiger partial charge in [-0.3, -0.25) is 4.79 Å². The first kappa shape index (κ1) is 11.9. The zero-order valence-electron chi connectivity index (χ0n) is 11.2. The molecule has 4 rings (SSSR count). The van der Waals surface area contributed by atoms with Gasteiger partial charge in [0.2, 0.25) is 0 Å². The minimum atomic E-state index is -0.113. The molecule has 100 valence electrons. The van der Waals surface area contributed by atoms with E-state index in [4.69, 9.17) is 0 Å². The second kappa shape index (κ2) is 4.32. The van der Waals surface area contributed by atoms with Gasteiger partial charge in [-0.15, -0.1) is 0 Å². The molecule has 3 aromatic rings. The number of fused-ring (bicyclic) bond motifs is 2. The summed E-state index contributed by atoms with van der Waals surface area (Å²) in [4.78, 5) is 12.5. The fraction of sp³-hybridized carbons (Fsp3) is 0. The van der Waals surface area contributed by atoms with Gasteiger partial charge >= 0.3 is 0 Å². The number of carbonyl (C=O) groups excluding carboxylic acids is 1. The van der Waals surface area contributed by atoms with E-state index in [-0.39, 0.29) is 11.5 Å². The summed E-state index contributed by atoms with van der Waals surface area (Å²) in [6.45, 7) is 0. The van der Waals surface area contributed by atoms with Crippen molar-refractivity contribution in [3.05, 3.63) is 83.4 Å². The lowest BCUT2D eigenvalue weighted by Gasteiger charge is -2.04. The zero-order valence-corrected chi connectivity index (χ0v) is 11.2. The van der Waals surface area contributed by atoms with Crippen molar-refractivity contribution in [2.45, 2.75) is 0 Å². The van der Waals surface area contributed by atoms with Gasteiger partial charge in [0.15, 0.2) is 5.78 Å². The van der Waals surface area contributed by atoms with E-state index in [0.29, 0.717) is 16.7 Å². The van der Waals surface area contributed by atoms with Gasteiger partial charge in [0.1, 0.15) is 5.76 Å². The highest BCUT2D eigenvalue weighted by atomic mass is 16.3. The third-order valence-electron chi connectivity index (χ3n) is 3.93. The van der Waals surface area contributed by atoms with E-state index >= 15 is 0 Å². The van der Waals surface area contributed by atoms with E-state index in [1.54, 1.807) is 12.1 Å². The number of aliphatic hydroxyl groups excluding tert-OH is 1. The highest BCUT2D eigenvalue weighted by Gasteiger charge is 2.30. The maximum atomic E-state index is 12.5. The Morgan fingerprint density at radius 3 is 2.14 bits per heavy atom. The van der Waals surface area contributed by atoms with E-state index in [0.717, 1.165) is 16.3 Å². The van der Waals surface area contributed by atoms with Gasteiger partial charge in [-0.2, -0.15) is 0 Å². The van der Waals surface area contributed by atoms with Crippen LogP contribution in [0.25, 0.3) is 22.1 Å². The molecule has 0 fully saturated rings. The van der Waals surface area contributed by atoms with Crippen LogP contribution in [-0.2, 0) is 0 Å². The van der Waals surface area contributed by atoms with E-state index in [2.05, 4.69) is 0 Å². The molecule has 1 aliphatic rings. The van der Waals surface area contributed by atoms with Crippen molar-refractivity contribution in [2.75, 3.05) is 0 Å². The molecule has 0 aromatic heterocycles. The smallest absolute Gasteiger partial charge is 0.198 e. The molecule has 0 radical (unpaired) electrons. The fourth-order valence-electron chi connectivity index (χ4n) is 2.88. The number of benzene rings is 3. The summed E-state index contributed by atoms with van der Waals surface area (Å²) in [5, 5.41) is 12.6. The van der Waals surface area contributed by atoms with Crippen LogP contribution in [-0.4, -0.2) is 10.9 Å². The van der Waals surface area contributed by atoms with Crippen LogP contribution in [0.2, 0.25) is 0 Å². The normalized spacial score (nSPS) is 13.8. The second-order valence-corrected chi connectivity index (χ2v) is 5.16. The molecule has 21 heavy (non-hydrogen) atoms. The molecule has 2 heteroatoms. The van der Waals surface area contributed by atoms with E-state index in [9.17, 15) is 9.90 Å². The SMILES string of the molecule is O=C1C(c2ccc3ccccc3c2)=C(O)c2ccccc21. The molecule has 1 aliphatic carbocycles. The minimum Gasteiger partial charge on any atom is -0.507 e. The van der Waals surface area contributed by atoms with Crippen molar-refractivity contribution in [3.63, 3.8) is 0 Å². The van der Waals surface area contributed by atoms with Crippen LogP contribution >= 0.6 is 0 Å².